The van der Waals surface area contributed by atoms with Crippen LogP contribution in [0.15, 0.2) is 24.3 Å². The first-order chi connectivity index (χ1) is 11.8. The Morgan fingerprint density at radius 2 is 1.88 bits per heavy atom. The second-order valence-corrected chi connectivity index (χ2v) is 6.04. The van der Waals surface area contributed by atoms with Gasteiger partial charge in [-0.25, -0.2) is 4.79 Å². The van der Waals surface area contributed by atoms with Gasteiger partial charge >= 0.3 is 12.0 Å². The fourth-order valence-electron chi connectivity index (χ4n) is 2.24. The highest BCUT2D eigenvalue weighted by atomic mass is 16.5. The summed E-state index contributed by atoms with van der Waals surface area (Å²) in [6.07, 6.45) is 0. The molecule has 0 radical (unpaired) electrons. The Morgan fingerprint density at radius 1 is 1.20 bits per heavy atom. The van der Waals surface area contributed by atoms with Crippen molar-refractivity contribution in [1.82, 2.24) is 10.2 Å². The minimum absolute atomic E-state index is 0.0940. The molecule has 3 amide bonds. The summed E-state index contributed by atoms with van der Waals surface area (Å²) in [5.41, 5.74) is 0.867. The van der Waals surface area contributed by atoms with E-state index >= 15 is 0 Å². The van der Waals surface area contributed by atoms with Gasteiger partial charge in [0.1, 0.15) is 6.54 Å². The number of ether oxygens (including phenoxy) is 1. The number of methoxy groups -OCH3 is 1. The third kappa shape index (κ3) is 6.10. The van der Waals surface area contributed by atoms with Crippen molar-refractivity contribution >= 4 is 23.6 Å². The molecule has 0 aliphatic carbocycles. The maximum absolute atomic E-state index is 12.5. The van der Waals surface area contributed by atoms with E-state index in [0.717, 1.165) is 0 Å². The second-order valence-electron chi connectivity index (χ2n) is 6.04. The Bertz CT molecular complexity index is 616. The Labute approximate surface area is 148 Å². The normalized spacial score (nSPS) is 11.6. The minimum Gasteiger partial charge on any atom is -0.468 e. The summed E-state index contributed by atoms with van der Waals surface area (Å²) in [7, 11) is 1.25. The molecule has 0 fully saturated rings. The molecule has 0 bridgehead atoms. The van der Waals surface area contributed by atoms with Crippen LogP contribution >= 0.6 is 0 Å². The molecule has 1 atom stereocenters. The van der Waals surface area contributed by atoms with Crippen molar-refractivity contribution in [1.29, 1.82) is 0 Å². The molecule has 7 heteroatoms. The Balaban J connectivity index is 2.78. The van der Waals surface area contributed by atoms with Crippen molar-refractivity contribution < 1.29 is 19.1 Å². The van der Waals surface area contributed by atoms with Gasteiger partial charge in [0.25, 0.3) is 5.91 Å². The number of benzene rings is 1. The van der Waals surface area contributed by atoms with Gasteiger partial charge in [-0.1, -0.05) is 19.9 Å². The summed E-state index contributed by atoms with van der Waals surface area (Å²) in [5.74, 6) is -0.607. The number of carbonyl (C=O) groups excluding carboxylic acids is 3. The van der Waals surface area contributed by atoms with Gasteiger partial charge in [-0.3, -0.25) is 9.59 Å². The Kier molecular flexibility index (Phi) is 7.91. The minimum atomic E-state index is -0.529. The van der Waals surface area contributed by atoms with E-state index in [1.54, 1.807) is 29.2 Å². The third-order valence-corrected chi connectivity index (χ3v) is 4.05. The highest BCUT2D eigenvalue weighted by molar-refractivity contribution is 5.98. The van der Waals surface area contributed by atoms with Gasteiger partial charge < -0.3 is 20.3 Å². The van der Waals surface area contributed by atoms with E-state index < -0.39 is 11.9 Å². The number of nitrogens with one attached hydrogen (secondary N) is 2. The Hall–Kier alpha value is -2.57. The smallest absolute Gasteiger partial charge is 0.325 e. The quantitative estimate of drug-likeness (QED) is 0.740. The molecule has 7 nitrogen and oxygen atoms in total. The highest BCUT2D eigenvalue weighted by Crippen LogP contribution is 2.15. The number of nitrogens with zero attached hydrogens (tertiary/aromatic N) is 1. The van der Waals surface area contributed by atoms with E-state index in [2.05, 4.69) is 29.2 Å². The molecule has 0 aliphatic rings. The number of rotatable bonds is 7. The molecule has 1 unspecified atom stereocenters. The van der Waals surface area contributed by atoms with E-state index in [-0.39, 0.29) is 18.6 Å². The third-order valence-electron chi connectivity index (χ3n) is 4.05. The first kappa shape index (κ1) is 20.5. The predicted molar refractivity (Wildman–Crippen MR) is 96.5 cm³/mol. The molecule has 2 N–H and O–H groups in total. The monoisotopic (exact) mass is 349 g/mol. The lowest BCUT2D eigenvalue weighted by Gasteiger charge is -2.30. The van der Waals surface area contributed by atoms with E-state index in [0.29, 0.717) is 23.7 Å². The SMILES string of the molecule is CCN(C(=O)Nc1cccc(C(=O)NCC(=O)OC)c1)C(C)C(C)C. The first-order valence-corrected chi connectivity index (χ1v) is 8.32. The van der Waals surface area contributed by atoms with Crippen LogP contribution in [-0.2, 0) is 9.53 Å². The molecule has 0 spiro atoms. The molecular weight excluding hydrogens is 322 g/mol. The molecule has 0 saturated heterocycles. The van der Waals surface area contributed by atoms with Crippen LogP contribution in [0.5, 0.6) is 0 Å². The summed E-state index contributed by atoms with van der Waals surface area (Å²) < 4.78 is 4.48. The number of hydrogen-bond donors (Lipinski definition) is 2. The lowest BCUT2D eigenvalue weighted by molar-refractivity contribution is -0.139. The van der Waals surface area contributed by atoms with Crippen LogP contribution in [0, 0.1) is 5.92 Å². The molecule has 0 heterocycles. The summed E-state index contributed by atoms with van der Waals surface area (Å²) in [6.45, 7) is 8.44. The van der Waals surface area contributed by atoms with Crippen molar-refractivity contribution in [3.8, 4) is 0 Å². The number of urea groups is 1. The molecule has 0 aromatic heterocycles. The number of amides is 3. The molecule has 1 aromatic carbocycles. The number of hydrogen-bond acceptors (Lipinski definition) is 4. The average molecular weight is 349 g/mol. The van der Waals surface area contributed by atoms with E-state index in [9.17, 15) is 14.4 Å². The second kappa shape index (κ2) is 9.66. The van der Waals surface area contributed by atoms with Gasteiger partial charge in [-0.2, -0.15) is 0 Å². The maximum Gasteiger partial charge on any atom is 0.325 e. The number of esters is 1. The first-order valence-electron chi connectivity index (χ1n) is 8.32. The van der Waals surface area contributed by atoms with Crippen LogP contribution in [0.4, 0.5) is 10.5 Å². The molecule has 1 rings (SSSR count). The van der Waals surface area contributed by atoms with E-state index in [1.165, 1.54) is 7.11 Å². The maximum atomic E-state index is 12.5. The lowest BCUT2D eigenvalue weighted by Crippen LogP contribution is -2.43. The van der Waals surface area contributed by atoms with Gasteiger partial charge in [-0.05, 0) is 38.0 Å². The molecule has 0 saturated carbocycles. The average Bonchev–Trinajstić information content (AvgIpc) is 2.59. The molecule has 0 aliphatic heterocycles. The Morgan fingerprint density at radius 3 is 2.44 bits per heavy atom. The van der Waals surface area contributed by atoms with Crippen LogP contribution in [0.3, 0.4) is 0 Å². The van der Waals surface area contributed by atoms with Gasteiger partial charge in [0.05, 0.1) is 7.11 Å². The van der Waals surface area contributed by atoms with Crippen LogP contribution < -0.4 is 10.6 Å². The zero-order valence-corrected chi connectivity index (χ0v) is 15.5. The lowest BCUT2D eigenvalue weighted by atomic mass is 10.1. The fraction of sp³-hybridized carbons (Fsp3) is 0.500. The van der Waals surface area contributed by atoms with Crippen molar-refractivity contribution in [3.63, 3.8) is 0 Å². The highest BCUT2D eigenvalue weighted by Gasteiger charge is 2.21. The number of carbonyl (C=O) groups is 3. The van der Waals surface area contributed by atoms with Gasteiger partial charge in [-0.15, -0.1) is 0 Å². The summed E-state index contributed by atoms with van der Waals surface area (Å²) in [5, 5.41) is 5.28. The largest absolute Gasteiger partial charge is 0.468 e. The van der Waals surface area contributed by atoms with E-state index in [4.69, 9.17) is 0 Å². The molecule has 1 aromatic rings. The van der Waals surface area contributed by atoms with Crippen molar-refractivity contribution in [3.05, 3.63) is 29.8 Å². The zero-order valence-electron chi connectivity index (χ0n) is 15.5. The summed E-state index contributed by atoms with van der Waals surface area (Å²) in [4.78, 5) is 37.4. The van der Waals surface area contributed by atoms with Crippen LogP contribution in [0.2, 0.25) is 0 Å². The van der Waals surface area contributed by atoms with Crippen LogP contribution in [0.1, 0.15) is 38.1 Å². The van der Waals surface area contributed by atoms with Crippen molar-refractivity contribution in [2.45, 2.75) is 33.7 Å². The molecule has 138 valence electrons. The standard InChI is InChI=1S/C18H27N3O4/c1-6-21(13(4)12(2)3)18(24)20-15-9-7-8-14(10-15)17(23)19-11-16(22)25-5/h7-10,12-13H,6,11H2,1-5H3,(H,19,23)(H,20,24). The summed E-state index contributed by atoms with van der Waals surface area (Å²) in [6, 6.07) is 6.44. The predicted octanol–water partition coefficient (Wildman–Crippen LogP) is 2.49. The topological polar surface area (TPSA) is 87.7 Å². The molecule has 25 heavy (non-hydrogen) atoms. The zero-order chi connectivity index (χ0) is 19.0. The van der Waals surface area contributed by atoms with Gasteiger partial charge in [0.15, 0.2) is 0 Å². The van der Waals surface area contributed by atoms with Crippen LogP contribution in [-0.4, -0.2) is 49.0 Å². The van der Waals surface area contributed by atoms with Crippen molar-refractivity contribution in [2.24, 2.45) is 5.92 Å². The van der Waals surface area contributed by atoms with E-state index in [1.807, 2.05) is 13.8 Å². The van der Waals surface area contributed by atoms with Crippen molar-refractivity contribution in [2.75, 3.05) is 25.5 Å². The fourth-order valence-corrected chi connectivity index (χ4v) is 2.24. The number of anilines is 1. The van der Waals surface area contributed by atoms with Gasteiger partial charge in [0, 0.05) is 23.8 Å². The molecular formula is C18H27N3O4. The van der Waals surface area contributed by atoms with Crippen LogP contribution in [0.25, 0.3) is 0 Å². The van der Waals surface area contributed by atoms with Gasteiger partial charge in [0.2, 0.25) is 0 Å². The summed E-state index contributed by atoms with van der Waals surface area (Å²) >= 11 is 0.